The third-order valence-corrected chi connectivity index (χ3v) is 4.99. The van der Waals surface area contributed by atoms with Gasteiger partial charge in [0.05, 0.1) is 6.04 Å². The third kappa shape index (κ3) is 3.55. The van der Waals surface area contributed by atoms with Crippen LogP contribution in [0, 0.1) is 5.92 Å². The molecule has 0 saturated carbocycles. The van der Waals surface area contributed by atoms with Gasteiger partial charge in [-0.3, -0.25) is 19.4 Å². The molecule has 6 nitrogen and oxygen atoms in total. The maximum Gasteiger partial charge on any atom is 0.234 e. The van der Waals surface area contributed by atoms with E-state index in [2.05, 4.69) is 16.7 Å². The van der Waals surface area contributed by atoms with E-state index in [1.165, 1.54) is 0 Å². The number of piperazine rings is 1. The van der Waals surface area contributed by atoms with Gasteiger partial charge in [-0.25, -0.2) is 0 Å². The van der Waals surface area contributed by atoms with Crippen LogP contribution in [0.5, 0.6) is 0 Å². The molecule has 0 radical (unpaired) electrons. The van der Waals surface area contributed by atoms with E-state index in [-0.39, 0.29) is 17.9 Å². The number of carbonyl (C=O) groups excluding carboxylic acids is 2. The minimum Gasteiger partial charge on any atom is -0.368 e. The highest BCUT2D eigenvalue weighted by molar-refractivity contribution is 5.79. The first-order valence-electron chi connectivity index (χ1n) is 7.97. The molecule has 0 unspecified atom stereocenters. The highest BCUT2D eigenvalue weighted by Crippen LogP contribution is 2.25. The Kier molecular flexibility index (Phi) is 5.22. The van der Waals surface area contributed by atoms with Crippen LogP contribution in [0.2, 0.25) is 0 Å². The van der Waals surface area contributed by atoms with Crippen LogP contribution in [0.15, 0.2) is 0 Å². The molecule has 2 fully saturated rings. The molecule has 2 aliphatic heterocycles. The monoisotopic (exact) mass is 296 g/mol. The fraction of sp³-hybridized carbons (Fsp3) is 0.867. The first kappa shape index (κ1) is 16.2. The Morgan fingerprint density at radius 1 is 1.19 bits per heavy atom. The molecule has 0 aromatic rings. The first-order valence-corrected chi connectivity index (χ1v) is 7.97. The van der Waals surface area contributed by atoms with Gasteiger partial charge in [-0.05, 0) is 12.3 Å². The van der Waals surface area contributed by atoms with E-state index in [4.69, 9.17) is 5.73 Å². The van der Waals surface area contributed by atoms with Crippen molar-refractivity contribution < 1.29 is 9.59 Å². The fourth-order valence-corrected chi connectivity index (χ4v) is 3.72. The molecule has 21 heavy (non-hydrogen) atoms. The van der Waals surface area contributed by atoms with E-state index >= 15 is 0 Å². The van der Waals surface area contributed by atoms with Crippen LogP contribution in [0.4, 0.5) is 0 Å². The van der Waals surface area contributed by atoms with Crippen molar-refractivity contribution in [3.8, 4) is 0 Å². The normalized spacial score (nSPS) is 29.6. The molecule has 2 saturated heterocycles. The zero-order valence-corrected chi connectivity index (χ0v) is 13.4. The average molecular weight is 296 g/mol. The van der Waals surface area contributed by atoms with Gasteiger partial charge < -0.3 is 10.6 Å². The molecule has 2 amide bonds. The van der Waals surface area contributed by atoms with Gasteiger partial charge in [-0.2, -0.15) is 0 Å². The maximum absolute atomic E-state index is 11.5. The van der Waals surface area contributed by atoms with Crippen LogP contribution < -0.4 is 5.73 Å². The van der Waals surface area contributed by atoms with Gasteiger partial charge in [-0.1, -0.05) is 13.8 Å². The smallest absolute Gasteiger partial charge is 0.234 e. The second-order valence-electron chi connectivity index (χ2n) is 6.37. The lowest BCUT2D eigenvalue weighted by Crippen LogP contribution is -2.53. The molecule has 0 aromatic carbocycles. The first-order chi connectivity index (χ1) is 9.93. The average Bonchev–Trinajstić information content (AvgIpc) is 2.81. The number of likely N-dealkylation sites (tertiary alicyclic amines) is 1. The van der Waals surface area contributed by atoms with Gasteiger partial charge >= 0.3 is 0 Å². The molecule has 2 rings (SSSR count). The minimum atomic E-state index is -0.216. The number of nitrogens with two attached hydrogens (primary N) is 1. The highest BCUT2D eigenvalue weighted by atomic mass is 16.2. The Labute approximate surface area is 127 Å². The van der Waals surface area contributed by atoms with E-state index in [0.717, 1.165) is 45.7 Å². The summed E-state index contributed by atoms with van der Waals surface area (Å²) in [7, 11) is 0. The van der Waals surface area contributed by atoms with Gasteiger partial charge in [0.25, 0.3) is 0 Å². The SMILES string of the molecule is CC[C@H](C(N)=O)N1C[C@@H](N2CCN(C(C)=O)CC2)[C@@H](C)C1. The Morgan fingerprint density at radius 2 is 1.81 bits per heavy atom. The Balaban J connectivity index is 1.93. The molecular formula is C15H28N4O2. The molecule has 3 atom stereocenters. The predicted molar refractivity (Wildman–Crippen MR) is 81.6 cm³/mol. The van der Waals surface area contributed by atoms with Crippen molar-refractivity contribution in [2.24, 2.45) is 11.7 Å². The van der Waals surface area contributed by atoms with Gasteiger partial charge in [0, 0.05) is 52.2 Å². The lowest BCUT2D eigenvalue weighted by molar-refractivity contribution is -0.131. The molecular weight excluding hydrogens is 268 g/mol. The molecule has 0 bridgehead atoms. The number of amides is 2. The standard InChI is InChI=1S/C15H28N4O2/c1-4-13(15(16)21)19-9-11(2)14(10-19)18-7-5-17(6-8-18)12(3)20/h11,13-14H,4-10H2,1-3H3,(H2,16,21)/t11-,13+,14+/m0/s1. The lowest BCUT2D eigenvalue weighted by Gasteiger charge is -2.39. The van der Waals surface area contributed by atoms with E-state index in [9.17, 15) is 9.59 Å². The van der Waals surface area contributed by atoms with Crippen molar-refractivity contribution in [2.45, 2.75) is 39.3 Å². The summed E-state index contributed by atoms with van der Waals surface area (Å²) in [4.78, 5) is 29.6. The van der Waals surface area contributed by atoms with E-state index in [0.29, 0.717) is 12.0 Å². The molecule has 120 valence electrons. The van der Waals surface area contributed by atoms with Crippen molar-refractivity contribution in [2.75, 3.05) is 39.3 Å². The summed E-state index contributed by atoms with van der Waals surface area (Å²) in [5, 5.41) is 0. The molecule has 2 N–H and O–H groups in total. The van der Waals surface area contributed by atoms with Gasteiger partial charge in [-0.15, -0.1) is 0 Å². The summed E-state index contributed by atoms with van der Waals surface area (Å²) in [6.07, 6.45) is 0.771. The highest BCUT2D eigenvalue weighted by Gasteiger charge is 2.38. The van der Waals surface area contributed by atoms with Crippen LogP contribution in [-0.4, -0.2) is 77.9 Å². The Bertz CT molecular complexity index is 393. The summed E-state index contributed by atoms with van der Waals surface area (Å²) >= 11 is 0. The van der Waals surface area contributed by atoms with E-state index in [1.807, 2.05) is 11.8 Å². The van der Waals surface area contributed by atoms with Crippen molar-refractivity contribution in [3.63, 3.8) is 0 Å². The van der Waals surface area contributed by atoms with Gasteiger partial charge in [0.15, 0.2) is 0 Å². The summed E-state index contributed by atoms with van der Waals surface area (Å²) in [6, 6.07) is 0.323. The fourth-order valence-electron chi connectivity index (χ4n) is 3.72. The lowest BCUT2D eigenvalue weighted by atomic mass is 10.0. The number of primary amides is 1. The zero-order chi connectivity index (χ0) is 15.6. The number of hydrogen-bond acceptors (Lipinski definition) is 4. The van der Waals surface area contributed by atoms with Gasteiger partial charge in [0.1, 0.15) is 0 Å². The number of carbonyl (C=O) groups is 2. The topological polar surface area (TPSA) is 69.9 Å². The van der Waals surface area contributed by atoms with Crippen molar-refractivity contribution in [3.05, 3.63) is 0 Å². The quantitative estimate of drug-likeness (QED) is 0.776. The number of rotatable bonds is 4. The molecule has 2 aliphatic rings. The summed E-state index contributed by atoms with van der Waals surface area (Å²) < 4.78 is 0. The molecule has 0 spiro atoms. The number of nitrogens with zero attached hydrogens (tertiary/aromatic N) is 3. The Hall–Kier alpha value is -1.14. The third-order valence-electron chi connectivity index (χ3n) is 4.99. The summed E-state index contributed by atoms with van der Waals surface area (Å²) in [5.41, 5.74) is 5.51. The second kappa shape index (κ2) is 6.75. The van der Waals surface area contributed by atoms with E-state index in [1.54, 1.807) is 6.92 Å². The van der Waals surface area contributed by atoms with Crippen molar-refractivity contribution >= 4 is 11.8 Å². The number of hydrogen-bond donors (Lipinski definition) is 1. The largest absolute Gasteiger partial charge is 0.368 e. The van der Waals surface area contributed by atoms with Crippen LogP contribution in [-0.2, 0) is 9.59 Å². The maximum atomic E-state index is 11.5. The Morgan fingerprint density at radius 3 is 2.29 bits per heavy atom. The van der Waals surface area contributed by atoms with Crippen molar-refractivity contribution in [1.29, 1.82) is 0 Å². The van der Waals surface area contributed by atoms with Crippen LogP contribution in [0.25, 0.3) is 0 Å². The minimum absolute atomic E-state index is 0.143. The van der Waals surface area contributed by atoms with Crippen LogP contribution >= 0.6 is 0 Å². The van der Waals surface area contributed by atoms with Gasteiger partial charge in [0.2, 0.25) is 11.8 Å². The zero-order valence-electron chi connectivity index (χ0n) is 13.4. The molecule has 2 heterocycles. The molecule has 6 heteroatoms. The summed E-state index contributed by atoms with van der Waals surface area (Å²) in [5.74, 6) is 0.476. The van der Waals surface area contributed by atoms with Crippen LogP contribution in [0.1, 0.15) is 27.2 Å². The summed E-state index contributed by atoms with van der Waals surface area (Å²) in [6.45, 7) is 11.2. The molecule has 0 aromatic heterocycles. The second-order valence-corrected chi connectivity index (χ2v) is 6.37. The molecule has 0 aliphatic carbocycles. The predicted octanol–water partition coefficient (Wildman–Crippen LogP) is -0.265. The van der Waals surface area contributed by atoms with Crippen molar-refractivity contribution in [1.82, 2.24) is 14.7 Å². The van der Waals surface area contributed by atoms with Crippen LogP contribution in [0.3, 0.4) is 0 Å². The van der Waals surface area contributed by atoms with E-state index < -0.39 is 0 Å².